The van der Waals surface area contributed by atoms with Crippen molar-refractivity contribution in [3.63, 3.8) is 0 Å². The normalized spacial score (nSPS) is 20.5. The zero-order valence-electron chi connectivity index (χ0n) is 10.5. The fourth-order valence-electron chi connectivity index (χ4n) is 2.23. The maximum Gasteiger partial charge on any atom is 0.223 e. The lowest BCUT2D eigenvalue weighted by atomic mass is 9.98. The van der Waals surface area contributed by atoms with Crippen molar-refractivity contribution in [2.45, 2.75) is 58.4 Å². The van der Waals surface area contributed by atoms with Gasteiger partial charge in [-0.2, -0.15) is 0 Å². The molecule has 1 aliphatic rings. The van der Waals surface area contributed by atoms with Crippen LogP contribution in [0.15, 0.2) is 0 Å². The van der Waals surface area contributed by atoms with Crippen molar-refractivity contribution in [3.05, 3.63) is 0 Å². The molecule has 1 rings (SSSR count). The van der Waals surface area contributed by atoms with E-state index in [2.05, 4.69) is 41.8 Å². The molecule has 3 heteroatoms. The summed E-state index contributed by atoms with van der Waals surface area (Å²) in [4.78, 5) is 12.1. The topological polar surface area (TPSA) is 29.1 Å². The van der Waals surface area contributed by atoms with Gasteiger partial charge in [0.15, 0.2) is 0 Å². The van der Waals surface area contributed by atoms with E-state index < -0.39 is 0 Å². The van der Waals surface area contributed by atoms with Gasteiger partial charge in [0.1, 0.15) is 0 Å². The van der Waals surface area contributed by atoms with Gasteiger partial charge in [-0.3, -0.25) is 4.79 Å². The van der Waals surface area contributed by atoms with E-state index in [9.17, 15) is 4.79 Å². The van der Waals surface area contributed by atoms with Crippen LogP contribution in [0.1, 0.15) is 52.4 Å². The number of carbonyl (C=O) groups is 1. The van der Waals surface area contributed by atoms with Gasteiger partial charge in [0.2, 0.25) is 5.91 Å². The van der Waals surface area contributed by atoms with Gasteiger partial charge >= 0.3 is 0 Å². The molecule has 0 spiro atoms. The molecule has 0 aromatic rings. The summed E-state index contributed by atoms with van der Waals surface area (Å²) in [5.41, 5.74) is 0. The summed E-state index contributed by atoms with van der Waals surface area (Å²) in [6, 6.07) is 0.344. The molecule has 94 valence electrons. The Kier molecular flexibility index (Phi) is 6.70. The SMILES string of the molecule is CC(C)C(CI)NC(=O)C1CCCCCC1. The van der Waals surface area contributed by atoms with E-state index >= 15 is 0 Å². The number of hydrogen-bond acceptors (Lipinski definition) is 1. The number of nitrogens with one attached hydrogen (secondary N) is 1. The van der Waals surface area contributed by atoms with Crippen LogP contribution in [0.25, 0.3) is 0 Å². The van der Waals surface area contributed by atoms with E-state index in [1.54, 1.807) is 0 Å². The molecule has 16 heavy (non-hydrogen) atoms. The van der Waals surface area contributed by atoms with Crippen molar-refractivity contribution in [1.29, 1.82) is 0 Å². The van der Waals surface area contributed by atoms with Crippen molar-refractivity contribution in [2.75, 3.05) is 4.43 Å². The molecule has 2 nitrogen and oxygen atoms in total. The van der Waals surface area contributed by atoms with Crippen LogP contribution in [0, 0.1) is 11.8 Å². The Bertz CT molecular complexity index is 210. The molecule has 1 aliphatic carbocycles. The number of rotatable bonds is 4. The van der Waals surface area contributed by atoms with E-state index in [0.29, 0.717) is 17.9 Å². The zero-order chi connectivity index (χ0) is 12.0. The number of amides is 1. The van der Waals surface area contributed by atoms with E-state index in [-0.39, 0.29) is 5.92 Å². The number of hydrogen-bond donors (Lipinski definition) is 1. The largest absolute Gasteiger partial charge is 0.352 e. The fraction of sp³-hybridized carbons (Fsp3) is 0.923. The molecule has 1 N–H and O–H groups in total. The first kappa shape index (κ1) is 14.3. The molecule has 0 aliphatic heterocycles. The maximum atomic E-state index is 12.1. The average Bonchev–Trinajstić information content (AvgIpc) is 2.53. The predicted octanol–water partition coefficient (Wildman–Crippen LogP) is 3.53. The first-order valence-electron chi connectivity index (χ1n) is 6.51. The number of alkyl halides is 1. The van der Waals surface area contributed by atoms with Gasteiger partial charge in [-0.25, -0.2) is 0 Å². The van der Waals surface area contributed by atoms with E-state index in [4.69, 9.17) is 0 Å². The van der Waals surface area contributed by atoms with Crippen LogP contribution in [-0.4, -0.2) is 16.4 Å². The lowest BCUT2D eigenvalue weighted by molar-refractivity contribution is -0.126. The van der Waals surface area contributed by atoms with Crippen molar-refractivity contribution in [3.8, 4) is 0 Å². The summed E-state index contributed by atoms with van der Waals surface area (Å²) < 4.78 is 1.01. The average molecular weight is 337 g/mol. The van der Waals surface area contributed by atoms with Crippen molar-refractivity contribution >= 4 is 28.5 Å². The smallest absolute Gasteiger partial charge is 0.223 e. The number of halogens is 1. The maximum absolute atomic E-state index is 12.1. The first-order chi connectivity index (χ1) is 7.65. The van der Waals surface area contributed by atoms with E-state index in [1.807, 2.05) is 0 Å². The highest BCUT2D eigenvalue weighted by atomic mass is 127. The standard InChI is InChI=1S/C13H24INO/c1-10(2)12(9-14)15-13(16)11-7-5-3-4-6-8-11/h10-12H,3-9H2,1-2H3,(H,15,16). The molecule has 1 saturated carbocycles. The lowest BCUT2D eigenvalue weighted by Crippen LogP contribution is -2.42. The minimum atomic E-state index is 0.284. The molecule has 0 radical (unpaired) electrons. The molecule has 0 saturated heterocycles. The summed E-state index contributed by atoms with van der Waals surface area (Å²) in [7, 11) is 0. The van der Waals surface area contributed by atoms with Crippen LogP contribution in [0.3, 0.4) is 0 Å². The first-order valence-corrected chi connectivity index (χ1v) is 8.04. The van der Waals surface area contributed by atoms with Gasteiger partial charge in [0.05, 0.1) is 0 Å². The summed E-state index contributed by atoms with van der Waals surface area (Å²) in [6.45, 7) is 4.35. The van der Waals surface area contributed by atoms with Crippen molar-refractivity contribution in [1.82, 2.24) is 5.32 Å². The summed E-state index contributed by atoms with van der Waals surface area (Å²) in [5, 5.41) is 3.22. The molecule has 0 aromatic carbocycles. The summed E-state index contributed by atoms with van der Waals surface area (Å²) in [6.07, 6.45) is 7.27. The second-order valence-corrected chi connectivity index (χ2v) is 6.08. The number of carbonyl (C=O) groups excluding carboxylic acids is 1. The van der Waals surface area contributed by atoms with Crippen LogP contribution in [0.4, 0.5) is 0 Å². The molecule has 0 heterocycles. The Morgan fingerprint density at radius 2 is 1.81 bits per heavy atom. The van der Waals surface area contributed by atoms with Gasteiger partial charge in [0.25, 0.3) is 0 Å². The summed E-state index contributed by atoms with van der Waals surface area (Å²) in [5.74, 6) is 1.12. The highest BCUT2D eigenvalue weighted by Crippen LogP contribution is 2.23. The van der Waals surface area contributed by atoms with Gasteiger partial charge in [-0.1, -0.05) is 62.1 Å². The van der Waals surface area contributed by atoms with Crippen LogP contribution < -0.4 is 5.32 Å². The Hall–Kier alpha value is 0.200. The van der Waals surface area contributed by atoms with Crippen LogP contribution in [0.5, 0.6) is 0 Å². The molecule has 1 fully saturated rings. The Morgan fingerprint density at radius 1 is 1.25 bits per heavy atom. The van der Waals surface area contributed by atoms with E-state index in [0.717, 1.165) is 17.3 Å². The Balaban J connectivity index is 2.42. The Morgan fingerprint density at radius 3 is 2.25 bits per heavy atom. The second-order valence-electron chi connectivity index (χ2n) is 5.20. The Labute approximate surface area is 113 Å². The van der Waals surface area contributed by atoms with E-state index in [1.165, 1.54) is 25.7 Å². The fourth-order valence-corrected chi connectivity index (χ4v) is 3.46. The van der Waals surface area contributed by atoms with Gasteiger partial charge in [-0.05, 0) is 18.8 Å². The van der Waals surface area contributed by atoms with Crippen LogP contribution in [-0.2, 0) is 4.79 Å². The van der Waals surface area contributed by atoms with Crippen LogP contribution >= 0.6 is 22.6 Å². The third-order valence-electron chi connectivity index (χ3n) is 3.52. The van der Waals surface area contributed by atoms with Gasteiger partial charge in [-0.15, -0.1) is 0 Å². The highest BCUT2D eigenvalue weighted by Gasteiger charge is 2.23. The molecule has 0 bridgehead atoms. The molecule has 0 aromatic heterocycles. The van der Waals surface area contributed by atoms with Crippen molar-refractivity contribution < 1.29 is 4.79 Å². The third-order valence-corrected chi connectivity index (χ3v) is 4.47. The molecular weight excluding hydrogens is 313 g/mol. The highest BCUT2D eigenvalue weighted by molar-refractivity contribution is 14.1. The predicted molar refractivity (Wildman–Crippen MR) is 76.8 cm³/mol. The molecule has 1 atom stereocenters. The molecule has 1 unspecified atom stereocenters. The van der Waals surface area contributed by atoms with Crippen LogP contribution in [0.2, 0.25) is 0 Å². The van der Waals surface area contributed by atoms with Gasteiger partial charge < -0.3 is 5.32 Å². The van der Waals surface area contributed by atoms with Crippen molar-refractivity contribution in [2.24, 2.45) is 11.8 Å². The zero-order valence-corrected chi connectivity index (χ0v) is 12.6. The monoisotopic (exact) mass is 337 g/mol. The molecule has 1 amide bonds. The molecular formula is C13H24INO. The second kappa shape index (κ2) is 7.51. The quantitative estimate of drug-likeness (QED) is 0.475. The minimum absolute atomic E-state index is 0.284. The minimum Gasteiger partial charge on any atom is -0.352 e. The summed E-state index contributed by atoms with van der Waals surface area (Å²) >= 11 is 2.36. The lowest BCUT2D eigenvalue weighted by Gasteiger charge is -2.23. The third kappa shape index (κ3) is 4.60. The van der Waals surface area contributed by atoms with Gasteiger partial charge in [0, 0.05) is 16.4 Å².